The predicted molar refractivity (Wildman–Crippen MR) is 50.8 cm³/mol. The predicted octanol–water partition coefficient (Wildman–Crippen LogP) is -0.158. The normalized spacial score (nSPS) is 41.2. The molecule has 4 nitrogen and oxygen atoms in total. The van der Waals surface area contributed by atoms with Crippen LogP contribution in [0.2, 0.25) is 0 Å². The van der Waals surface area contributed by atoms with Crippen molar-refractivity contribution in [1.29, 1.82) is 0 Å². The first-order valence-corrected chi connectivity index (χ1v) is 5.36. The first-order valence-electron chi connectivity index (χ1n) is 5.36. The fourth-order valence-corrected chi connectivity index (χ4v) is 2.37. The molecule has 0 aromatic heterocycles. The second-order valence-corrected chi connectivity index (χ2v) is 4.66. The molecule has 1 saturated heterocycles. The fraction of sp³-hybridized carbons (Fsp3) is 0.900. The summed E-state index contributed by atoms with van der Waals surface area (Å²) in [6.45, 7) is 1.09. The van der Waals surface area contributed by atoms with E-state index in [0.717, 1.165) is 0 Å². The summed E-state index contributed by atoms with van der Waals surface area (Å²) in [4.78, 5) is 13.0. The average Bonchev–Trinajstić information content (AvgIpc) is 2.60. The van der Waals surface area contributed by atoms with Crippen molar-refractivity contribution in [3.63, 3.8) is 0 Å². The second-order valence-electron chi connectivity index (χ2n) is 4.66. The Balaban J connectivity index is 2.06. The summed E-state index contributed by atoms with van der Waals surface area (Å²) in [6.07, 6.45) is -0.460. The smallest absolute Gasteiger partial charge is 0.263 e. The van der Waals surface area contributed by atoms with Crippen LogP contribution in [0, 0.1) is 11.8 Å². The van der Waals surface area contributed by atoms with Crippen molar-refractivity contribution in [2.24, 2.45) is 11.8 Å². The number of aliphatic hydroxyl groups excluding tert-OH is 2. The van der Waals surface area contributed by atoms with E-state index in [0.29, 0.717) is 0 Å². The van der Waals surface area contributed by atoms with Crippen molar-refractivity contribution < 1.29 is 23.8 Å². The van der Waals surface area contributed by atoms with E-state index in [1.807, 2.05) is 0 Å². The highest BCUT2D eigenvalue weighted by molar-refractivity contribution is 5.84. The van der Waals surface area contributed by atoms with Crippen LogP contribution in [-0.4, -0.2) is 52.2 Å². The second kappa shape index (κ2) is 3.63. The zero-order valence-corrected chi connectivity index (χ0v) is 8.94. The molecule has 4 unspecified atom stereocenters. The van der Waals surface area contributed by atoms with Gasteiger partial charge in [-0.1, -0.05) is 6.92 Å². The quantitative estimate of drug-likeness (QED) is 0.699. The minimum absolute atomic E-state index is 0.0450. The Bertz CT molecular complexity index is 310. The third kappa shape index (κ3) is 1.60. The number of likely N-dealkylation sites (tertiary alicyclic amines) is 1. The van der Waals surface area contributed by atoms with Crippen molar-refractivity contribution in [2.45, 2.75) is 31.4 Å². The molecule has 2 fully saturated rings. The maximum absolute atomic E-state index is 13.0. The topological polar surface area (TPSA) is 60.8 Å². The van der Waals surface area contributed by atoms with Crippen molar-refractivity contribution in [2.75, 3.05) is 13.2 Å². The lowest BCUT2D eigenvalue weighted by molar-refractivity contribution is -0.136. The Hall–Kier alpha value is -0.750. The van der Waals surface area contributed by atoms with Gasteiger partial charge in [0, 0.05) is 12.5 Å². The number of hydrogen-bond acceptors (Lipinski definition) is 3. The van der Waals surface area contributed by atoms with Gasteiger partial charge in [-0.05, 0) is 6.42 Å². The zero-order valence-electron chi connectivity index (χ0n) is 8.94. The van der Waals surface area contributed by atoms with E-state index < -0.39 is 35.8 Å². The number of amides is 1. The van der Waals surface area contributed by atoms with E-state index >= 15 is 0 Å². The van der Waals surface area contributed by atoms with E-state index in [-0.39, 0.29) is 19.6 Å². The molecule has 0 aromatic carbocycles. The molecule has 0 bridgehead atoms. The van der Waals surface area contributed by atoms with E-state index in [1.54, 1.807) is 0 Å². The van der Waals surface area contributed by atoms with Crippen LogP contribution in [0.5, 0.6) is 0 Å². The van der Waals surface area contributed by atoms with Crippen molar-refractivity contribution in [3.05, 3.63) is 0 Å². The van der Waals surface area contributed by atoms with E-state index in [2.05, 4.69) is 0 Å². The van der Waals surface area contributed by atoms with Gasteiger partial charge < -0.3 is 15.1 Å². The van der Waals surface area contributed by atoms with Gasteiger partial charge in [-0.3, -0.25) is 4.79 Å². The molecule has 4 atom stereocenters. The average molecular weight is 235 g/mol. The molecule has 1 amide bonds. The third-order valence-electron chi connectivity index (χ3n) is 3.56. The number of carbonyl (C=O) groups excluding carboxylic acids is 1. The molecular formula is C10H15F2NO3. The minimum Gasteiger partial charge on any atom is -0.394 e. The summed E-state index contributed by atoms with van der Waals surface area (Å²) in [6, 6.07) is -0.522. The highest BCUT2D eigenvalue weighted by atomic mass is 19.3. The lowest BCUT2D eigenvalue weighted by Gasteiger charge is -2.22. The van der Waals surface area contributed by atoms with Gasteiger partial charge >= 0.3 is 0 Å². The number of rotatable bonds is 2. The lowest BCUT2D eigenvalue weighted by Crippen LogP contribution is -2.40. The number of hydrogen-bond donors (Lipinski definition) is 2. The van der Waals surface area contributed by atoms with Gasteiger partial charge in [0.25, 0.3) is 5.92 Å². The Morgan fingerprint density at radius 2 is 2.12 bits per heavy atom. The Morgan fingerprint density at radius 1 is 1.56 bits per heavy atom. The fourth-order valence-electron chi connectivity index (χ4n) is 2.37. The van der Waals surface area contributed by atoms with E-state index in [9.17, 15) is 18.7 Å². The molecular weight excluding hydrogens is 220 g/mol. The minimum atomic E-state index is -2.93. The molecule has 0 aromatic rings. The highest BCUT2D eigenvalue weighted by Crippen LogP contribution is 2.56. The molecule has 6 heteroatoms. The van der Waals surface area contributed by atoms with Crippen molar-refractivity contribution in [1.82, 2.24) is 4.90 Å². The molecule has 1 aliphatic heterocycles. The maximum Gasteiger partial charge on any atom is 0.263 e. The highest BCUT2D eigenvalue weighted by Gasteiger charge is 2.70. The van der Waals surface area contributed by atoms with Crippen LogP contribution < -0.4 is 0 Å². The Morgan fingerprint density at radius 3 is 2.56 bits per heavy atom. The van der Waals surface area contributed by atoms with Gasteiger partial charge in [-0.25, -0.2) is 8.78 Å². The SMILES string of the molecule is CC1C(C(=O)N2CC(O)CC2CO)C1(F)F. The van der Waals surface area contributed by atoms with Crippen LogP contribution in [0.15, 0.2) is 0 Å². The number of alkyl halides is 2. The van der Waals surface area contributed by atoms with Crippen LogP contribution >= 0.6 is 0 Å². The van der Waals surface area contributed by atoms with Crippen molar-refractivity contribution >= 4 is 5.91 Å². The van der Waals surface area contributed by atoms with Gasteiger partial charge in [0.2, 0.25) is 5.91 Å². The summed E-state index contributed by atoms with van der Waals surface area (Å²) in [5.74, 6) is -5.78. The van der Waals surface area contributed by atoms with Crippen LogP contribution in [0.1, 0.15) is 13.3 Å². The molecule has 0 spiro atoms. The molecule has 92 valence electrons. The summed E-state index contributed by atoms with van der Waals surface area (Å²) < 4.78 is 26.1. The summed E-state index contributed by atoms with van der Waals surface area (Å²) in [5, 5.41) is 18.4. The van der Waals surface area contributed by atoms with E-state index in [4.69, 9.17) is 5.11 Å². The monoisotopic (exact) mass is 235 g/mol. The number of carbonyl (C=O) groups is 1. The first-order chi connectivity index (χ1) is 7.39. The molecule has 1 saturated carbocycles. The van der Waals surface area contributed by atoms with Crippen LogP contribution in [0.3, 0.4) is 0 Å². The van der Waals surface area contributed by atoms with Gasteiger partial charge in [0.1, 0.15) is 5.92 Å². The zero-order chi connectivity index (χ0) is 12.1. The largest absolute Gasteiger partial charge is 0.394 e. The van der Waals surface area contributed by atoms with Crippen LogP contribution in [-0.2, 0) is 4.79 Å². The van der Waals surface area contributed by atoms with Gasteiger partial charge in [-0.15, -0.1) is 0 Å². The van der Waals surface area contributed by atoms with E-state index in [1.165, 1.54) is 11.8 Å². The van der Waals surface area contributed by atoms with Gasteiger partial charge in [-0.2, -0.15) is 0 Å². The molecule has 0 radical (unpaired) electrons. The molecule has 2 N–H and O–H groups in total. The number of nitrogens with zero attached hydrogens (tertiary/aromatic N) is 1. The molecule has 1 heterocycles. The lowest BCUT2D eigenvalue weighted by atomic mass is 10.2. The Kier molecular flexibility index (Phi) is 2.66. The van der Waals surface area contributed by atoms with Crippen LogP contribution in [0.4, 0.5) is 8.78 Å². The molecule has 2 rings (SSSR count). The number of aliphatic hydroxyl groups is 2. The molecule has 16 heavy (non-hydrogen) atoms. The summed E-state index contributed by atoms with van der Waals surface area (Å²) >= 11 is 0. The van der Waals surface area contributed by atoms with Crippen LogP contribution in [0.25, 0.3) is 0 Å². The van der Waals surface area contributed by atoms with Gasteiger partial charge in [0.05, 0.1) is 18.8 Å². The Labute approximate surface area is 91.9 Å². The molecule has 2 aliphatic rings. The first kappa shape index (κ1) is 11.7. The number of halogens is 2. The standard InChI is InChI=1S/C10H15F2NO3/c1-5-8(10(5,11)12)9(16)13-3-7(15)2-6(13)4-14/h5-8,14-15H,2-4H2,1H3. The summed E-state index contributed by atoms with van der Waals surface area (Å²) in [5.41, 5.74) is 0. The van der Waals surface area contributed by atoms with Gasteiger partial charge in [0.15, 0.2) is 0 Å². The third-order valence-corrected chi connectivity index (χ3v) is 3.56. The van der Waals surface area contributed by atoms with Crippen molar-refractivity contribution in [3.8, 4) is 0 Å². The number of β-amino-alcohol motifs (C(OH)–C–C–N with tert-alkyl or cyclic N) is 1. The molecule has 1 aliphatic carbocycles. The maximum atomic E-state index is 13.0. The summed E-state index contributed by atoms with van der Waals surface area (Å²) in [7, 11) is 0.